The Bertz CT molecular complexity index is 487. The third kappa shape index (κ3) is 4.99. The summed E-state index contributed by atoms with van der Waals surface area (Å²) in [4.78, 5) is 0. The highest BCUT2D eigenvalue weighted by Gasteiger charge is 2.00. The molecule has 0 spiro atoms. The monoisotopic (exact) mass is 276 g/mol. The molecule has 0 atom stereocenters. The predicted molar refractivity (Wildman–Crippen MR) is 75.4 cm³/mol. The van der Waals surface area contributed by atoms with Gasteiger partial charge in [-0.1, -0.05) is 23.4 Å². The van der Waals surface area contributed by atoms with Gasteiger partial charge in [0.1, 0.15) is 12.4 Å². The second kappa shape index (κ2) is 8.29. The van der Waals surface area contributed by atoms with Gasteiger partial charge in [-0.15, -0.1) is 5.10 Å². The molecule has 6 heteroatoms. The number of rotatable bonds is 9. The highest BCUT2D eigenvalue weighted by Crippen LogP contribution is 2.07. The summed E-state index contributed by atoms with van der Waals surface area (Å²) in [7, 11) is 0. The second-order valence-corrected chi connectivity index (χ2v) is 4.39. The zero-order valence-electron chi connectivity index (χ0n) is 11.4. The average molecular weight is 276 g/mol. The molecule has 2 N–H and O–H groups in total. The molecule has 0 saturated carbocycles. The number of aromatic nitrogens is 3. The lowest BCUT2D eigenvalue weighted by Crippen LogP contribution is -2.20. The van der Waals surface area contributed by atoms with E-state index in [-0.39, 0.29) is 6.61 Å². The van der Waals surface area contributed by atoms with Gasteiger partial charge in [0.15, 0.2) is 0 Å². The number of nitrogens with zero attached hydrogens (tertiary/aromatic N) is 3. The molecule has 0 saturated heterocycles. The Balaban J connectivity index is 1.60. The van der Waals surface area contributed by atoms with E-state index in [1.54, 1.807) is 4.68 Å². The number of aliphatic hydroxyl groups excluding tert-OH is 1. The maximum absolute atomic E-state index is 8.74. The van der Waals surface area contributed by atoms with Crippen LogP contribution in [0.5, 0.6) is 5.75 Å². The molecule has 108 valence electrons. The molecule has 0 aliphatic carbocycles. The lowest BCUT2D eigenvalue weighted by molar-refractivity contribution is 0.276. The van der Waals surface area contributed by atoms with Gasteiger partial charge in [-0.2, -0.15) is 0 Å². The molecule has 0 fully saturated rings. The molecule has 0 aliphatic rings. The number of hydrogen-bond donors (Lipinski definition) is 2. The van der Waals surface area contributed by atoms with E-state index in [2.05, 4.69) is 15.6 Å². The summed E-state index contributed by atoms with van der Waals surface area (Å²) in [6.07, 6.45) is 2.59. The molecule has 0 aliphatic heterocycles. The van der Waals surface area contributed by atoms with E-state index in [4.69, 9.17) is 9.84 Å². The summed E-state index contributed by atoms with van der Waals surface area (Å²) in [6, 6.07) is 9.74. The largest absolute Gasteiger partial charge is 0.492 e. The van der Waals surface area contributed by atoms with E-state index in [1.165, 1.54) is 0 Å². The minimum absolute atomic E-state index is 0.171. The maximum atomic E-state index is 8.74. The van der Waals surface area contributed by atoms with Gasteiger partial charge in [-0.3, -0.25) is 4.68 Å². The van der Waals surface area contributed by atoms with Crippen LogP contribution in [0.15, 0.2) is 36.5 Å². The molecule has 2 rings (SSSR count). The Morgan fingerprint density at radius 1 is 1.25 bits per heavy atom. The molecule has 1 aromatic heterocycles. The number of para-hydroxylation sites is 1. The van der Waals surface area contributed by atoms with Gasteiger partial charge in [0.05, 0.1) is 5.69 Å². The van der Waals surface area contributed by atoms with E-state index < -0.39 is 0 Å². The van der Waals surface area contributed by atoms with Crippen molar-refractivity contribution in [3.05, 3.63) is 42.2 Å². The molecule has 1 heterocycles. The van der Waals surface area contributed by atoms with Gasteiger partial charge in [0.2, 0.25) is 0 Å². The first-order valence-electron chi connectivity index (χ1n) is 6.77. The Morgan fingerprint density at radius 2 is 2.10 bits per heavy atom. The van der Waals surface area contributed by atoms with Gasteiger partial charge in [0.25, 0.3) is 0 Å². The van der Waals surface area contributed by atoms with E-state index >= 15 is 0 Å². The molecule has 2 aromatic rings. The van der Waals surface area contributed by atoms with Gasteiger partial charge in [-0.05, 0) is 18.6 Å². The van der Waals surface area contributed by atoms with Crippen LogP contribution in [-0.4, -0.2) is 39.9 Å². The molecule has 0 bridgehead atoms. The second-order valence-electron chi connectivity index (χ2n) is 4.39. The van der Waals surface area contributed by atoms with Crippen LogP contribution < -0.4 is 10.1 Å². The summed E-state index contributed by atoms with van der Waals surface area (Å²) in [5, 5.41) is 20.0. The SMILES string of the molecule is OCCCn1cc(CNCCOc2ccccc2)nn1. The smallest absolute Gasteiger partial charge is 0.119 e. The van der Waals surface area contributed by atoms with Crippen LogP contribution in [-0.2, 0) is 13.1 Å². The minimum Gasteiger partial charge on any atom is -0.492 e. The standard InChI is InChI=1S/C14H20N4O2/c19-9-4-8-18-12-13(16-17-18)11-15-7-10-20-14-5-2-1-3-6-14/h1-3,5-6,12,15,19H,4,7-11H2. The average Bonchev–Trinajstić information content (AvgIpc) is 2.94. The van der Waals surface area contributed by atoms with Crippen LogP contribution in [0.25, 0.3) is 0 Å². The van der Waals surface area contributed by atoms with Crippen LogP contribution in [0.2, 0.25) is 0 Å². The lowest BCUT2D eigenvalue weighted by Gasteiger charge is -2.06. The molecule has 6 nitrogen and oxygen atoms in total. The van der Waals surface area contributed by atoms with Gasteiger partial charge >= 0.3 is 0 Å². The Hall–Kier alpha value is -1.92. The van der Waals surface area contributed by atoms with Crippen molar-refractivity contribution >= 4 is 0 Å². The Labute approximate surface area is 118 Å². The van der Waals surface area contributed by atoms with Crippen molar-refractivity contribution in [3.63, 3.8) is 0 Å². The van der Waals surface area contributed by atoms with Gasteiger partial charge in [-0.25, -0.2) is 0 Å². The van der Waals surface area contributed by atoms with Crippen LogP contribution in [0.1, 0.15) is 12.1 Å². The molecule has 0 amide bonds. The van der Waals surface area contributed by atoms with Crippen LogP contribution in [0.3, 0.4) is 0 Å². The highest BCUT2D eigenvalue weighted by atomic mass is 16.5. The Kier molecular flexibility index (Phi) is 6.01. The van der Waals surface area contributed by atoms with Gasteiger partial charge < -0.3 is 15.2 Å². The van der Waals surface area contributed by atoms with E-state index in [1.807, 2.05) is 36.5 Å². The van der Waals surface area contributed by atoms with Crippen LogP contribution in [0, 0.1) is 0 Å². The highest BCUT2D eigenvalue weighted by molar-refractivity contribution is 5.20. The van der Waals surface area contributed by atoms with Crippen molar-refractivity contribution in [2.45, 2.75) is 19.5 Å². The van der Waals surface area contributed by atoms with Gasteiger partial charge in [0, 0.05) is 32.4 Å². The van der Waals surface area contributed by atoms with Crippen molar-refractivity contribution in [3.8, 4) is 5.75 Å². The van der Waals surface area contributed by atoms with Crippen molar-refractivity contribution in [1.82, 2.24) is 20.3 Å². The zero-order chi connectivity index (χ0) is 14.0. The van der Waals surface area contributed by atoms with E-state index in [9.17, 15) is 0 Å². The molecule has 1 aromatic carbocycles. The molecule has 20 heavy (non-hydrogen) atoms. The first-order chi connectivity index (χ1) is 9.88. The fourth-order valence-corrected chi connectivity index (χ4v) is 1.74. The topological polar surface area (TPSA) is 72.2 Å². The van der Waals surface area contributed by atoms with Crippen molar-refractivity contribution in [2.75, 3.05) is 19.8 Å². The maximum Gasteiger partial charge on any atom is 0.119 e. The number of ether oxygens (including phenoxy) is 1. The molecule has 0 radical (unpaired) electrons. The lowest BCUT2D eigenvalue weighted by atomic mass is 10.3. The first kappa shape index (κ1) is 14.5. The fourth-order valence-electron chi connectivity index (χ4n) is 1.74. The summed E-state index contributed by atoms with van der Waals surface area (Å²) in [6.45, 7) is 2.89. The Morgan fingerprint density at radius 3 is 2.90 bits per heavy atom. The summed E-state index contributed by atoms with van der Waals surface area (Å²) >= 11 is 0. The third-order valence-corrected chi connectivity index (χ3v) is 2.73. The van der Waals surface area contributed by atoms with Crippen molar-refractivity contribution in [2.24, 2.45) is 0 Å². The predicted octanol–water partition coefficient (Wildman–Crippen LogP) is 0.829. The number of aliphatic hydroxyl groups is 1. The molecular formula is C14H20N4O2. The summed E-state index contributed by atoms with van der Waals surface area (Å²) < 4.78 is 7.31. The summed E-state index contributed by atoms with van der Waals surface area (Å²) in [5.74, 6) is 0.879. The third-order valence-electron chi connectivity index (χ3n) is 2.73. The van der Waals surface area contributed by atoms with Crippen LogP contribution in [0.4, 0.5) is 0 Å². The first-order valence-corrected chi connectivity index (χ1v) is 6.77. The fraction of sp³-hybridized carbons (Fsp3) is 0.429. The number of nitrogens with one attached hydrogen (secondary N) is 1. The number of aryl methyl sites for hydroxylation is 1. The summed E-state index contributed by atoms with van der Waals surface area (Å²) in [5.41, 5.74) is 0.891. The van der Waals surface area contributed by atoms with Crippen LogP contribution >= 0.6 is 0 Å². The molecular weight excluding hydrogens is 256 g/mol. The minimum atomic E-state index is 0.171. The number of hydrogen-bond acceptors (Lipinski definition) is 5. The van der Waals surface area contributed by atoms with Crippen molar-refractivity contribution < 1.29 is 9.84 Å². The van der Waals surface area contributed by atoms with E-state index in [0.29, 0.717) is 26.1 Å². The molecule has 0 unspecified atom stereocenters. The van der Waals surface area contributed by atoms with Crippen molar-refractivity contribution in [1.29, 1.82) is 0 Å². The zero-order valence-corrected chi connectivity index (χ0v) is 11.4. The normalized spacial score (nSPS) is 10.7. The van der Waals surface area contributed by atoms with E-state index in [0.717, 1.165) is 18.0 Å². The quantitative estimate of drug-likeness (QED) is 0.664. The number of benzene rings is 1.